The standard InChI is InChI=1S/C16H17N3O4.Na/c20-15(13-9-2-3-10(6-9)14(13)16(21)22)17-7-8-1-4-11-12(5-8)19-23-18-11;/h1,4-5,9-10,13-14H,2-3,6-7H2,(H,17,20)(H,21,22);/q;+1/p-1/t9-,10+,13-,14+;/m1./s1. The van der Waals surface area contributed by atoms with Crippen LogP contribution >= 0.6 is 0 Å². The van der Waals surface area contributed by atoms with Crippen LogP contribution in [0.25, 0.3) is 11.0 Å². The summed E-state index contributed by atoms with van der Waals surface area (Å²) in [4.78, 5) is 23.9. The number of carbonyl (C=O) groups excluding carboxylic acids is 2. The van der Waals surface area contributed by atoms with Gasteiger partial charge in [0.05, 0.1) is 0 Å². The van der Waals surface area contributed by atoms with Gasteiger partial charge in [0.1, 0.15) is 11.0 Å². The molecule has 120 valence electrons. The van der Waals surface area contributed by atoms with E-state index in [-0.39, 0.29) is 47.3 Å². The van der Waals surface area contributed by atoms with Gasteiger partial charge in [-0.15, -0.1) is 0 Å². The molecule has 1 aromatic heterocycles. The van der Waals surface area contributed by atoms with Gasteiger partial charge < -0.3 is 15.2 Å². The summed E-state index contributed by atoms with van der Waals surface area (Å²) in [7, 11) is 0. The summed E-state index contributed by atoms with van der Waals surface area (Å²) in [6, 6.07) is 5.40. The number of fused-ring (bicyclic) bond motifs is 3. The van der Waals surface area contributed by atoms with Gasteiger partial charge in [-0.1, -0.05) is 6.07 Å². The van der Waals surface area contributed by atoms with E-state index in [4.69, 9.17) is 0 Å². The molecule has 1 heterocycles. The molecule has 1 amide bonds. The van der Waals surface area contributed by atoms with E-state index in [1.54, 1.807) is 12.1 Å². The van der Waals surface area contributed by atoms with Gasteiger partial charge in [0.15, 0.2) is 0 Å². The molecule has 4 atom stereocenters. The van der Waals surface area contributed by atoms with Gasteiger partial charge in [-0.05, 0) is 59.1 Å². The maximum absolute atomic E-state index is 12.5. The Kier molecular flexibility index (Phi) is 4.94. The van der Waals surface area contributed by atoms with Crippen molar-refractivity contribution in [3.8, 4) is 0 Å². The zero-order valence-electron chi connectivity index (χ0n) is 13.4. The third-order valence-corrected chi connectivity index (χ3v) is 5.28. The summed E-state index contributed by atoms with van der Waals surface area (Å²) >= 11 is 0. The number of rotatable bonds is 4. The molecule has 0 radical (unpaired) electrons. The second kappa shape index (κ2) is 6.82. The third-order valence-electron chi connectivity index (χ3n) is 5.28. The van der Waals surface area contributed by atoms with Crippen molar-refractivity contribution in [3.05, 3.63) is 23.8 Å². The van der Waals surface area contributed by atoms with Gasteiger partial charge in [0.2, 0.25) is 5.91 Å². The van der Waals surface area contributed by atoms with Gasteiger partial charge in [0, 0.05) is 24.3 Å². The second-order valence-electron chi connectivity index (χ2n) is 6.51. The van der Waals surface area contributed by atoms with E-state index < -0.39 is 17.8 Å². The third kappa shape index (κ3) is 2.96. The smallest absolute Gasteiger partial charge is 0.550 e. The summed E-state index contributed by atoms with van der Waals surface area (Å²) < 4.78 is 4.64. The van der Waals surface area contributed by atoms with E-state index in [9.17, 15) is 14.7 Å². The Balaban J connectivity index is 0.00000169. The molecular formula is C16H16N3NaO4. The Bertz CT molecular complexity index is 778. The summed E-state index contributed by atoms with van der Waals surface area (Å²) in [6.45, 7) is 0.329. The number of carboxylic acid groups (broad SMARTS) is 1. The van der Waals surface area contributed by atoms with E-state index in [0.29, 0.717) is 17.6 Å². The first-order valence-corrected chi connectivity index (χ1v) is 7.83. The molecule has 2 aliphatic rings. The summed E-state index contributed by atoms with van der Waals surface area (Å²) in [6.07, 6.45) is 2.65. The molecule has 1 N–H and O–H groups in total. The molecule has 2 aliphatic carbocycles. The van der Waals surface area contributed by atoms with Crippen LogP contribution in [0.1, 0.15) is 24.8 Å². The van der Waals surface area contributed by atoms with Crippen molar-refractivity contribution in [1.82, 2.24) is 15.6 Å². The Hall–Kier alpha value is -1.44. The van der Waals surface area contributed by atoms with Gasteiger partial charge in [-0.25, -0.2) is 4.63 Å². The van der Waals surface area contributed by atoms with E-state index in [1.807, 2.05) is 6.07 Å². The molecule has 0 saturated heterocycles. The first-order chi connectivity index (χ1) is 11.1. The molecule has 2 aromatic rings. The number of benzene rings is 1. The van der Waals surface area contributed by atoms with Crippen molar-refractivity contribution in [3.63, 3.8) is 0 Å². The molecule has 1 aromatic carbocycles. The molecule has 2 saturated carbocycles. The number of carboxylic acids is 1. The zero-order valence-corrected chi connectivity index (χ0v) is 15.4. The average molecular weight is 337 g/mol. The predicted molar refractivity (Wildman–Crippen MR) is 76.5 cm³/mol. The van der Waals surface area contributed by atoms with E-state index in [0.717, 1.165) is 24.8 Å². The maximum Gasteiger partial charge on any atom is 1.00 e. The van der Waals surface area contributed by atoms with Crippen molar-refractivity contribution in [2.75, 3.05) is 0 Å². The molecule has 4 rings (SSSR count). The summed E-state index contributed by atoms with van der Waals surface area (Å²) in [5, 5.41) is 21.7. The fourth-order valence-corrected chi connectivity index (χ4v) is 4.25. The second-order valence-corrected chi connectivity index (χ2v) is 6.51. The van der Waals surface area contributed by atoms with Gasteiger partial charge in [0.25, 0.3) is 0 Å². The van der Waals surface area contributed by atoms with Crippen molar-refractivity contribution in [1.29, 1.82) is 0 Å². The Morgan fingerprint density at radius 3 is 2.62 bits per heavy atom. The topological polar surface area (TPSA) is 108 Å². The zero-order chi connectivity index (χ0) is 16.0. The van der Waals surface area contributed by atoms with Crippen LogP contribution in [0.4, 0.5) is 0 Å². The number of amides is 1. The fraction of sp³-hybridized carbons (Fsp3) is 0.500. The van der Waals surface area contributed by atoms with Crippen LogP contribution in [0.3, 0.4) is 0 Å². The molecule has 0 spiro atoms. The fourth-order valence-electron chi connectivity index (χ4n) is 4.25. The summed E-state index contributed by atoms with van der Waals surface area (Å²) in [5.74, 6) is -2.12. The maximum atomic E-state index is 12.5. The van der Waals surface area contributed by atoms with Gasteiger partial charge in [-0.2, -0.15) is 0 Å². The molecule has 2 bridgehead atoms. The van der Waals surface area contributed by atoms with Gasteiger partial charge in [-0.3, -0.25) is 4.79 Å². The number of hydrogen-bond acceptors (Lipinski definition) is 6. The number of aromatic nitrogens is 2. The van der Waals surface area contributed by atoms with E-state index in [2.05, 4.69) is 20.3 Å². The minimum Gasteiger partial charge on any atom is -0.550 e. The first-order valence-electron chi connectivity index (χ1n) is 7.83. The van der Waals surface area contributed by atoms with Gasteiger partial charge >= 0.3 is 29.6 Å². The van der Waals surface area contributed by atoms with Crippen LogP contribution in [-0.2, 0) is 16.1 Å². The Morgan fingerprint density at radius 1 is 1.17 bits per heavy atom. The molecular weight excluding hydrogens is 321 g/mol. The Morgan fingerprint density at radius 2 is 1.88 bits per heavy atom. The minimum absolute atomic E-state index is 0. The quantitative estimate of drug-likeness (QED) is 0.606. The van der Waals surface area contributed by atoms with Crippen LogP contribution in [0.5, 0.6) is 0 Å². The Labute approximate surface area is 160 Å². The van der Waals surface area contributed by atoms with Crippen LogP contribution < -0.4 is 40.0 Å². The molecule has 0 aliphatic heterocycles. The van der Waals surface area contributed by atoms with Crippen molar-refractivity contribution in [2.45, 2.75) is 25.8 Å². The number of aliphatic carboxylic acids is 1. The molecule has 2 fully saturated rings. The van der Waals surface area contributed by atoms with Crippen LogP contribution in [0.15, 0.2) is 22.8 Å². The van der Waals surface area contributed by atoms with E-state index in [1.165, 1.54) is 0 Å². The molecule has 7 nitrogen and oxygen atoms in total. The van der Waals surface area contributed by atoms with E-state index >= 15 is 0 Å². The number of nitrogens with one attached hydrogen (secondary N) is 1. The summed E-state index contributed by atoms with van der Waals surface area (Å²) in [5.41, 5.74) is 2.16. The SMILES string of the molecule is O=C(NCc1ccc2nonc2c1)[C@@H]1[C@@H]2CC[C@@H](C2)[C@@H]1C(=O)[O-].[Na+]. The largest absolute Gasteiger partial charge is 1.00 e. The average Bonchev–Trinajstić information content (AvgIpc) is 3.25. The predicted octanol–water partition coefficient (Wildman–Crippen LogP) is -2.74. The number of carbonyl (C=O) groups is 2. The van der Waals surface area contributed by atoms with Crippen molar-refractivity contribution in [2.24, 2.45) is 23.7 Å². The molecule has 24 heavy (non-hydrogen) atoms. The van der Waals surface area contributed by atoms with Crippen LogP contribution in [0.2, 0.25) is 0 Å². The van der Waals surface area contributed by atoms with Crippen LogP contribution in [0, 0.1) is 23.7 Å². The van der Waals surface area contributed by atoms with Crippen molar-refractivity contribution < 1.29 is 48.9 Å². The number of nitrogens with zero attached hydrogens (tertiary/aromatic N) is 2. The first kappa shape index (κ1) is 17.4. The molecule has 8 heteroatoms. The van der Waals surface area contributed by atoms with Crippen molar-refractivity contribution >= 4 is 22.9 Å². The van der Waals surface area contributed by atoms with Crippen LogP contribution in [-0.4, -0.2) is 22.2 Å². The number of hydrogen-bond donors (Lipinski definition) is 1. The monoisotopic (exact) mass is 337 g/mol. The minimum atomic E-state index is -1.09. The normalized spacial score (nSPS) is 27.8. The molecule has 0 unspecified atom stereocenters.